The number of carbonyl (C=O) groups excluding carboxylic acids is 1. The van der Waals surface area contributed by atoms with Crippen LogP contribution in [0.3, 0.4) is 0 Å². The Morgan fingerprint density at radius 2 is 2.07 bits per heavy atom. The van der Waals surface area contributed by atoms with Crippen LogP contribution < -0.4 is 5.73 Å². The standard InChI is InChI=1S/C10H19NO3/c11-9(6-7-12)10(13)14-8-4-2-1-3-5-8/h8-9,12H,1-7,11H2/t9-/m0/s1. The molecule has 0 unspecified atom stereocenters. The first kappa shape index (κ1) is 11.5. The molecule has 0 aliphatic heterocycles. The Bertz CT molecular complexity index is 178. The fraction of sp³-hybridized carbons (Fsp3) is 0.900. The lowest BCUT2D eigenvalue weighted by Crippen LogP contribution is -2.36. The molecule has 0 aromatic carbocycles. The van der Waals surface area contributed by atoms with Crippen molar-refractivity contribution >= 4 is 5.97 Å². The minimum absolute atomic E-state index is 0.0565. The highest BCUT2D eigenvalue weighted by atomic mass is 16.5. The lowest BCUT2D eigenvalue weighted by Gasteiger charge is -2.23. The van der Waals surface area contributed by atoms with Crippen LogP contribution in [0.2, 0.25) is 0 Å². The molecule has 0 saturated heterocycles. The van der Waals surface area contributed by atoms with Crippen molar-refractivity contribution in [2.24, 2.45) is 5.73 Å². The summed E-state index contributed by atoms with van der Waals surface area (Å²) in [4.78, 5) is 11.3. The van der Waals surface area contributed by atoms with E-state index in [4.69, 9.17) is 15.6 Å². The molecule has 0 heterocycles. The summed E-state index contributed by atoms with van der Waals surface area (Å²) in [6, 6.07) is -0.665. The quantitative estimate of drug-likeness (QED) is 0.652. The largest absolute Gasteiger partial charge is 0.461 e. The molecule has 1 aliphatic rings. The van der Waals surface area contributed by atoms with Gasteiger partial charge in [-0.3, -0.25) is 4.79 Å². The van der Waals surface area contributed by atoms with E-state index in [1.54, 1.807) is 0 Å². The molecule has 14 heavy (non-hydrogen) atoms. The van der Waals surface area contributed by atoms with Crippen LogP contribution in [0.15, 0.2) is 0 Å². The van der Waals surface area contributed by atoms with Crippen LogP contribution >= 0.6 is 0 Å². The summed E-state index contributed by atoms with van der Waals surface area (Å²) in [6.45, 7) is -0.0685. The monoisotopic (exact) mass is 201 g/mol. The molecule has 1 atom stereocenters. The van der Waals surface area contributed by atoms with Gasteiger partial charge < -0.3 is 15.6 Å². The van der Waals surface area contributed by atoms with E-state index in [1.807, 2.05) is 0 Å². The molecule has 0 amide bonds. The molecule has 4 nitrogen and oxygen atoms in total. The van der Waals surface area contributed by atoms with Gasteiger partial charge in [0.1, 0.15) is 12.1 Å². The number of aliphatic hydroxyl groups is 1. The average molecular weight is 201 g/mol. The molecular formula is C10H19NO3. The first-order chi connectivity index (χ1) is 6.74. The first-order valence-corrected chi connectivity index (χ1v) is 5.31. The number of ether oxygens (including phenoxy) is 1. The van der Waals surface area contributed by atoms with E-state index in [2.05, 4.69) is 0 Å². The maximum absolute atomic E-state index is 11.3. The summed E-state index contributed by atoms with van der Waals surface area (Å²) >= 11 is 0. The van der Waals surface area contributed by atoms with Gasteiger partial charge in [0.2, 0.25) is 0 Å². The fourth-order valence-electron chi connectivity index (χ4n) is 1.69. The van der Waals surface area contributed by atoms with Gasteiger partial charge in [0.15, 0.2) is 0 Å². The number of hydrogen-bond acceptors (Lipinski definition) is 4. The van der Waals surface area contributed by atoms with Gasteiger partial charge >= 0.3 is 5.97 Å². The summed E-state index contributed by atoms with van der Waals surface area (Å²) < 4.78 is 5.23. The van der Waals surface area contributed by atoms with E-state index in [1.165, 1.54) is 6.42 Å². The van der Waals surface area contributed by atoms with Crippen molar-refractivity contribution in [1.29, 1.82) is 0 Å². The number of rotatable bonds is 4. The molecule has 1 aliphatic carbocycles. The van der Waals surface area contributed by atoms with E-state index in [0.717, 1.165) is 25.7 Å². The Kier molecular flexibility index (Phi) is 4.90. The molecular weight excluding hydrogens is 182 g/mol. The Balaban J connectivity index is 2.24. The van der Waals surface area contributed by atoms with Gasteiger partial charge in [-0.1, -0.05) is 6.42 Å². The summed E-state index contributed by atoms with van der Waals surface area (Å²) in [5.74, 6) is -0.369. The minimum Gasteiger partial charge on any atom is -0.461 e. The van der Waals surface area contributed by atoms with Gasteiger partial charge in [-0.05, 0) is 32.1 Å². The second kappa shape index (κ2) is 5.98. The van der Waals surface area contributed by atoms with Crippen molar-refractivity contribution in [1.82, 2.24) is 0 Å². The van der Waals surface area contributed by atoms with E-state index in [-0.39, 0.29) is 25.1 Å². The Morgan fingerprint density at radius 1 is 1.43 bits per heavy atom. The van der Waals surface area contributed by atoms with Crippen LogP contribution in [-0.2, 0) is 9.53 Å². The zero-order valence-corrected chi connectivity index (χ0v) is 8.45. The first-order valence-electron chi connectivity index (χ1n) is 5.31. The number of carbonyl (C=O) groups is 1. The van der Waals surface area contributed by atoms with Gasteiger partial charge in [-0.15, -0.1) is 0 Å². The van der Waals surface area contributed by atoms with Crippen molar-refractivity contribution in [3.8, 4) is 0 Å². The van der Waals surface area contributed by atoms with E-state index >= 15 is 0 Å². The van der Waals surface area contributed by atoms with Crippen LogP contribution in [0, 0.1) is 0 Å². The fourth-order valence-corrected chi connectivity index (χ4v) is 1.69. The third-order valence-electron chi connectivity index (χ3n) is 2.58. The number of hydrogen-bond donors (Lipinski definition) is 2. The summed E-state index contributed by atoms with van der Waals surface area (Å²) in [5, 5.41) is 8.60. The van der Waals surface area contributed by atoms with Crippen molar-refractivity contribution in [2.75, 3.05) is 6.61 Å². The Labute approximate surface area is 84.4 Å². The smallest absolute Gasteiger partial charge is 0.323 e. The molecule has 4 heteroatoms. The molecule has 0 spiro atoms. The zero-order chi connectivity index (χ0) is 10.4. The van der Waals surface area contributed by atoms with Crippen molar-refractivity contribution < 1.29 is 14.6 Å². The zero-order valence-electron chi connectivity index (χ0n) is 8.45. The van der Waals surface area contributed by atoms with E-state index in [9.17, 15) is 4.79 Å². The summed E-state index contributed by atoms with van der Waals surface area (Å²) in [6.07, 6.45) is 5.75. The average Bonchev–Trinajstić information content (AvgIpc) is 2.19. The number of aliphatic hydroxyl groups excluding tert-OH is 1. The van der Waals surface area contributed by atoms with Gasteiger partial charge in [0, 0.05) is 6.61 Å². The molecule has 0 radical (unpaired) electrons. The highest BCUT2D eigenvalue weighted by Crippen LogP contribution is 2.20. The second-order valence-electron chi connectivity index (χ2n) is 3.82. The van der Waals surface area contributed by atoms with Crippen LogP contribution in [0.25, 0.3) is 0 Å². The van der Waals surface area contributed by atoms with Crippen LogP contribution in [0.1, 0.15) is 38.5 Å². The molecule has 82 valence electrons. The molecule has 1 saturated carbocycles. The lowest BCUT2D eigenvalue weighted by atomic mass is 9.98. The molecule has 0 aromatic rings. The van der Waals surface area contributed by atoms with Gasteiger partial charge in [0.25, 0.3) is 0 Å². The molecule has 1 fully saturated rings. The van der Waals surface area contributed by atoms with E-state index < -0.39 is 6.04 Å². The minimum atomic E-state index is -0.665. The topological polar surface area (TPSA) is 72.5 Å². The van der Waals surface area contributed by atoms with Gasteiger partial charge in [-0.2, -0.15) is 0 Å². The molecule has 0 bridgehead atoms. The lowest BCUT2D eigenvalue weighted by molar-refractivity contribution is -0.152. The maximum atomic E-state index is 11.3. The molecule has 1 rings (SSSR count). The number of nitrogens with two attached hydrogens (primary N) is 1. The predicted octanol–water partition coefficient (Wildman–Crippen LogP) is 0.572. The Hall–Kier alpha value is -0.610. The number of esters is 1. The predicted molar refractivity (Wildman–Crippen MR) is 52.6 cm³/mol. The summed E-state index contributed by atoms with van der Waals surface area (Å²) in [5.41, 5.74) is 5.51. The molecule has 3 N–H and O–H groups in total. The van der Waals surface area contributed by atoms with Crippen molar-refractivity contribution in [3.63, 3.8) is 0 Å². The summed E-state index contributed by atoms with van der Waals surface area (Å²) in [7, 11) is 0. The van der Waals surface area contributed by atoms with Crippen LogP contribution in [-0.4, -0.2) is 29.8 Å². The van der Waals surface area contributed by atoms with Gasteiger partial charge in [0.05, 0.1) is 0 Å². The van der Waals surface area contributed by atoms with E-state index in [0.29, 0.717) is 0 Å². The second-order valence-corrected chi connectivity index (χ2v) is 3.82. The van der Waals surface area contributed by atoms with Crippen molar-refractivity contribution in [2.45, 2.75) is 50.7 Å². The highest BCUT2D eigenvalue weighted by molar-refractivity contribution is 5.75. The Morgan fingerprint density at radius 3 is 2.64 bits per heavy atom. The SMILES string of the molecule is N[C@@H](CCO)C(=O)OC1CCCCC1. The van der Waals surface area contributed by atoms with Crippen LogP contribution in [0.5, 0.6) is 0 Å². The third-order valence-corrected chi connectivity index (χ3v) is 2.58. The van der Waals surface area contributed by atoms with Crippen molar-refractivity contribution in [3.05, 3.63) is 0 Å². The third kappa shape index (κ3) is 3.64. The normalized spacial score (nSPS) is 20.4. The maximum Gasteiger partial charge on any atom is 0.323 e. The van der Waals surface area contributed by atoms with Crippen LogP contribution in [0.4, 0.5) is 0 Å². The highest BCUT2D eigenvalue weighted by Gasteiger charge is 2.21. The van der Waals surface area contributed by atoms with Gasteiger partial charge in [-0.25, -0.2) is 0 Å². The molecule has 0 aromatic heterocycles.